The Balaban J connectivity index is 1.64. The van der Waals surface area contributed by atoms with Gasteiger partial charge in [0.1, 0.15) is 5.41 Å². The predicted molar refractivity (Wildman–Crippen MR) is 92.0 cm³/mol. The predicted octanol–water partition coefficient (Wildman–Crippen LogP) is 2.42. The highest BCUT2D eigenvalue weighted by molar-refractivity contribution is 6.11. The van der Waals surface area contributed by atoms with Crippen LogP contribution in [0.3, 0.4) is 0 Å². The number of amides is 2. The largest absolute Gasteiger partial charge is 0.480 e. The zero-order chi connectivity index (χ0) is 17.9. The Hall–Kier alpha value is -3.15. The lowest BCUT2D eigenvalue weighted by molar-refractivity contribution is -0.147. The first-order valence-corrected chi connectivity index (χ1v) is 7.98. The number of hydrogen-bond donors (Lipinski definition) is 3. The van der Waals surface area contributed by atoms with E-state index in [0.717, 1.165) is 5.56 Å². The lowest BCUT2D eigenvalue weighted by atomic mass is 10.1. The molecule has 1 fully saturated rings. The molecular weight excluding hydrogens is 320 g/mol. The van der Waals surface area contributed by atoms with Crippen molar-refractivity contribution in [2.45, 2.75) is 19.4 Å². The van der Waals surface area contributed by atoms with E-state index < -0.39 is 17.3 Å². The maximum atomic E-state index is 12.3. The molecule has 0 aliphatic heterocycles. The summed E-state index contributed by atoms with van der Waals surface area (Å²) in [4.78, 5) is 35.6. The molecule has 0 atom stereocenters. The summed E-state index contributed by atoms with van der Waals surface area (Å²) in [5.74, 6) is -1.91. The Kier molecular flexibility index (Phi) is 4.52. The van der Waals surface area contributed by atoms with Crippen LogP contribution in [0.15, 0.2) is 54.6 Å². The third-order valence-corrected chi connectivity index (χ3v) is 4.27. The van der Waals surface area contributed by atoms with Crippen LogP contribution in [0.4, 0.5) is 5.69 Å². The first kappa shape index (κ1) is 16.7. The lowest BCUT2D eigenvalue weighted by Crippen LogP contribution is -2.31. The molecule has 25 heavy (non-hydrogen) atoms. The molecular formula is C19H18N2O4. The van der Waals surface area contributed by atoms with Crippen LogP contribution >= 0.6 is 0 Å². The molecule has 1 aliphatic carbocycles. The second-order valence-corrected chi connectivity index (χ2v) is 6.09. The van der Waals surface area contributed by atoms with Gasteiger partial charge in [-0.25, -0.2) is 0 Å². The van der Waals surface area contributed by atoms with Gasteiger partial charge in [-0.05, 0) is 36.6 Å². The van der Waals surface area contributed by atoms with Crippen molar-refractivity contribution in [3.05, 3.63) is 65.7 Å². The van der Waals surface area contributed by atoms with Crippen LogP contribution < -0.4 is 10.6 Å². The maximum Gasteiger partial charge on any atom is 0.319 e. The molecule has 0 spiro atoms. The van der Waals surface area contributed by atoms with Gasteiger partial charge in [-0.1, -0.05) is 36.4 Å². The van der Waals surface area contributed by atoms with Gasteiger partial charge in [0.15, 0.2) is 0 Å². The normalized spacial score (nSPS) is 14.4. The number of carboxylic acid groups (broad SMARTS) is 1. The fraction of sp³-hybridized carbons (Fsp3) is 0.211. The van der Waals surface area contributed by atoms with Crippen LogP contribution in [-0.4, -0.2) is 22.9 Å². The first-order chi connectivity index (χ1) is 12.0. The molecule has 0 saturated heterocycles. The summed E-state index contributed by atoms with van der Waals surface area (Å²) in [5, 5.41) is 14.6. The van der Waals surface area contributed by atoms with Crippen molar-refractivity contribution in [3.8, 4) is 0 Å². The molecule has 6 nitrogen and oxygen atoms in total. The van der Waals surface area contributed by atoms with Gasteiger partial charge >= 0.3 is 5.97 Å². The zero-order valence-corrected chi connectivity index (χ0v) is 13.5. The Labute approximate surface area is 144 Å². The van der Waals surface area contributed by atoms with Crippen molar-refractivity contribution in [3.63, 3.8) is 0 Å². The standard InChI is InChI=1S/C19H18N2O4/c22-16(20-12-13-5-2-1-3-6-13)14-7-4-8-15(11-14)21-17(23)19(9-10-19)18(24)25/h1-8,11H,9-10,12H2,(H,20,22)(H,21,23)(H,24,25). The van der Waals surface area contributed by atoms with Gasteiger partial charge in [-0.3, -0.25) is 14.4 Å². The third kappa shape index (κ3) is 3.68. The van der Waals surface area contributed by atoms with Crippen molar-refractivity contribution in [2.24, 2.45) is 5.41 Å². The second-order valence-electron chi connectivity index (χ2n) is 6.09. The Morgan fingerprint density at radius 1 is 1.00 bits per heavy atom. The maximum absolute atomic E-state index is 12.3. The van der Waals surface area contributed by atoms with E-state index in [0.29, 0.717) is 30.6 Å². The number of aliphatic carboxylic acids is 1. The monoisotopic (exact) mass is 338 g/mol. The van der Waals surface area contributed by atoms with Gasteiger partial charge in [0.05, 0.1) is 0 Å². The van der Waals surface area contributed by atoms with E-state index >= 15 is 0 Å². The van der Waals surface area contributed by atoms with Crippen molar-refractivity contribution in [1.82, 2.24) is 5.32 Å². The molecule has 0 radical (unpaired) electrons. The molecule has 0 unspecified atom stereocenters. The van der Waals surface area contributed by atoms with E-state index in [2.05, 4.69) is 10.6 Å². The van der Waals surface area contributed by atoms with Crippen LogP contribution in [-0.2, 0) is 16.1 Å². The van der Waals surface area contributed by atoms with E-state index in [-0.39, 0.29) is 5.91 Å². The van der Waals surface area contributed by atoms with Crippen LogP contribution in [0.2, 0.25) is 0 Å². The van der Waals surface area contributed by atoms with Crippen LogP contribution in [0.5, 0.6) is 0 Å². The number of hydrogen-bond acceptors (Lipinski definition) is 3. The van der Waals surface area contributed by atoms with E-state index in [4.69, 9.17) is 5.11 Å². The van der Waals surface area contributed by atoms with Crippen LogP contribution in [0.1, 0.15) is 28.8 Å². The molecule has 0 bridgehead atoms. The van der Waals surface area contributed by atoms with Gasteiger partial charge in [-0.15, -0.1) is 0 Å². The van der Waals surface area contributed by atoms with Crippen molar-refractivity contribution in [1.29, 1.82) is 0 Å². The average Bonchev–Trinajstić information content (AvgIpc) is 3.43. The number of carboxylic acids is 1. The summed E-state index contributed by atoms with van der Waals surface area (Å²) in [6.45, 7) is 0.401. The fourth-order valence-electron chi connectivity index (χ4n) is 2.53. The van der Waals surface area contributed by atoms with E-state index in [1.54, 1.807) is 18.2 Å². The van der Waals surface area contributed by atoms with Gasteiger partial charge in [0.2, 0.25) is 5.91 Å². The minimum absolute atomic E-state index is 0.265. The minimum atomic E-state index is -1.31. The summed E-state index contributed by atoms with van der Waals surface area (Å²) in [7, 11) is 0. The molecule has 0 heterocycles. The summed E-state index contributed by atoms with van der Waals surface area (Å²) >= 11 is 0. The van der Waals surface area contributed by atoms with Crippen molar-refractivity contribution < 1.29 is 19.5 Å². The number of anilines is 1. The highest BCUT2D eigenvalue weighted by atomic mass is 16.4. The highest BCUT2D eigenvalue weighted by Crippen LogP contribution is 2.46. The number of carbonyl (C=O) groups excluding carboxylic acids is 2. The summed E-state index contributed by atoms with van der Waals surface area (Å²) in [5.41, 5.74) is 0.474. The molecule has 3 rings (SSSR count). The molecule has 1 saturated carbocycles. The second kappa shape index (κ2) is 6.76. The van der Waals surface area contributed by atoms with Gasteiger partial charge in [0.25, 0.3) is 5.91 Å². The summed E-state index contributed by atoms with van der Waals surface area (Å²) in [6.07, 6.45) is 0.677. The SMILES string of the molecule is O=C(NCc1ccccc1)c1cccc(NC(=O)C2(C(=O)O)CC2)c1. The van der Waals surface area contributed by atoms with E-state index in [9.17, 15) is 14.4 Å². The summed E-state index contributed by atoms with van der Waals surface area (Å²) < 4.78 is 0. The van der Waals surface area contributed by atoms with Gasteiger partial charge < -0.3 is 15.7 Å². The van der Waals surface area contributed by atoms with Crippen molar-refractivity contribution in [2.75, 3.05) is 5.32 Å². The first-order valence-electron chi connectivity index (χ1n) is 7.98. The van der Waals surface area contributed by atoms with Crippen molar-refractivity contribution >= 4 is 23.5 Å². The van der Waals surface area contributed by atoms with E-state index in [1.807, 2.05) is 30.3 Å². The third-order valence-electron chi connectivity index (χ3n) is 4.27. The Morgan fingerprint density at radius 3 is 2.36 bits per heavy atom. The fourth-order valence-corrected chi connectivity index (χ4v) is 2.53. The Bertz CT molecular complexity index is 813. The van der Waals surface area contributed by atoms with Crippen LogP contribution in [0, 0.1) is 5.41 Å². The summed E-state index contributed by atoms with van der Waals surface area (Å²) in [6, 6.07) is 16.0. The molecule has 6 heteroatoms. The number of rotatable bonds is 6. The zero-order valence-electron chi connectivity index (χ0n) is 13.5. The molecule has 2 aromatic rings. The highest BCUT2D eigenvalue weighted by Gasteiger charge is 2.57. The topological polar surface area (TPSA) is 95.5 Å². The average molecular weight is 338 g/mol. The van der Waals surface area contributed by atoms with Gasteiger partial charge in [-0.2, -0.15) is 0 Å². The molecule has 2 amide bonds. The molecule has 2 aromatic carbocycles. The van der Waals surface area contributed by atoms with Crippen LogP contribution in [0.25, 0.3) is 0 Å². The quantitative estimate of drug-likeness (QED) is 0.705. The number of nitrogens with one attached hydrogen (secondary N) is 2. The Morgan fingerprint density at radius 2 is 1.72 bits per heavy atom. The minimum Gasteiger partial charge on any atom is -0.480 e. The number of carbonyl (C=O) groups is 3. The smallest absolute Gasteiger partial charge is 0.319 e. The van der Waals surface area contributed by atoms with Gasteiger partial charge in [0, 0.05) is 17.8 Å². The lowest BCUT2D eigenvalue weighted by Gasteiger charge is -2.12. The molecule has 1 aliphatic rings. The molecule has 3 N–H and O–H groups in total. The number of benzene rings is 2. The van der Waals surface area contributed by atoms with E-state index in [1.165, 1.54) is 6.07 Å². The molecule has 128 valence electrons. The molecule has 0 aromatic heterocycles.